The minimum absolute atomic E-state index is 0.123. The Morgan fingerprint density at radius 1 is 1.00 bits per heavy atom. The topological polar surface area (TPSA) is 43.2 Å². The molecule has 0 spiro atoms. The fraction of sp³-hybridized carbons (Fsp3) is 0.333. The molecule has 4 rings (SSSR count). The van der Waals surface area contributed by atoms with Crippen molar-refractivity contribution in [1.29, 1.82) is 0 Å². The fourth-order valence-electron chi connectivity index (χ4n) is 3.37. The molecule has 5 heteroatoms. The smallest absolute Gasteiger partial charge is 0.157 e. The van der Waals surface area contributed by atoms with Crippen LogP contribution >= 0.6 is 0 Å². The molecular formula is C21H24N4O. The Kier molecular flexibility index (Phi) is 4.82. The largest absolute Gasteiger partial charge is 0.356 e. The lowest BCUT2D eigenvalue weighted by Crippen LogP contribution is -2.23. The van der Waals surface area contributed by atoms with Crippen molar-refractivity contribution >= 4 is 0 Å². The van der Waals surface area contributed by atoms with Crippen LogP contribution in [0.2, 0.25) is 0 Å². The number of hydrogen-bond acceptors (Lipinski definition) is 4. The first kappa shape index (κ1) is 16.9. The number of rotatable bonds is 5. The molecule has 134 valence electrons. The van der Waals surface area contributed by atoms with Gasteiger partial charge in [0, 0.05) is 13.1 Å². The van der Waals surface area contributed by atoms with Crippen LogP contribution in [-0.2, 0) is 17.8 Å². The summed E-state index contributed by atoms with van der Waals surface area (Å²) in [5, 5.41) is 8.67. The Bertz CT molecular complexity index is 872. The molecular weight excluding hydrogens is 324 g/mol. The number of aromatic nitrogens is 3. The molecule has 1 aliphatic heterocycles. The van der Waals surface area contributed by atoms with Crippen LogP contribution in [0.4, 0.5) is 0 Å². The van der Waals surface area contributed by atoms with Crippen molar-refractivity contribution in [3.8, 4) is 0 Å². The highest BCUT2D eigenvalue weighted by Gasteiger charge is 2.29. The van der Waals surface area contributed by atoms with E-state index >= 15 is 0 Å². The zero-order valence-corrected chi connectivity index (χ0v) is 15.3. The van der Waals surface area contributed by atoms with Crippen LogP contribution in [0.15, 0.2) is 54.7 Å². The molecule has 0 unspecified atom stereocenters. The second kappa shape index (κ2) is 7.40. The van der Waals surface area contributed by atoms with Crippen molar-refractivity contribution in [3.05, 3.63) is 82.7 Å². The van der Waals surface area contributed by atoms with Gasteiger partial charge in [0.25, 0.3) is 0 Å². The third-order valence-corrected chi connectivity index (χ3v) is 4.73. The molecule has 3 aromatic rings. The van der Waals surface area contributed by atoms with E-state index in [0.717, 1.165) is 31.9 Å². The maximum atomic E-state index is 5.94. The van der Waals surface area contributed by atoms with Gasteiger partial charge in [-0.2, -0.15) is 0 Å². The fourth-order valence-corrected chi connectivity index (χ4v) is 3.37. The van der Waals surface area contributed by atoms with Gasteiger partial charge in [-0.1, -0.05) is 64.9 Å². The van der Waals surface area contributed by atoms with Gasteiger partial charge < -0.3 is 4.74 Å². The van der Waals surface area contributed by atoms with E-state index in [9.17, 15) is 0 Å². The zero-order chi connectivity index (χ0) is 17.9. The average Bonchev–Trinajstić information content (AvgIpc) is 3.26. The summed E-state index contributed by atoms with van der Waals surface area (Å²) >= 11 is 0. The molecule has 5 nitrogen and oxygen atoms in total. The summed E-state index contributed by atoms with van der Waals surface area (Å²) in [6.45, 7) is 7.42. The molecule has 1 atom stereocenters. The summed E-state index contributed by atoms with van der Waals surface area (Å²) in [6.07, 6.45) is 1.88. The molecule has 1 saturated heterocycles. The van der Waals surface area contributed by atoms with Crippen molar-refractivity contribution in [2.24, 2.45) is 0 Å². The zero-order valence-electron chi connectivity index (χ0n) is 15.3. The van der Waals surface area contributed by atoms with E-state index in [1.54, 1.807) is 0 Å². The molecule has 0 radical (unpaired) electrons. The third kappa shape index (κ3) is 3.84. The predicted molar refractivity (Wildman–Crippen MR) is 101 cm³/mol. The third-order valence-electron chi connectivity index (χ3n) is 4.73. The Balaban J connectivity index is 1.46. The average molecular weight is 348 g/mol. The van der Waals surface area contributed by atoms with Crippen molar-refractivity contribution in [2.45, 2.75) is 33.2 Å². The lowest BCUT2D eigenvalue weighted by Gasteiger charge is -2.21. The number of benzene rings is 2. The number of hydrogen-bond donors (Lipinski definition) is 0. The highest BCUT2D eigenvalue weighted by atomic mass is 16.5. The van der Waals surface area contributed by atoms with E-state index < -0.39 is 0 Å². The van der Waals surface area contributed by atoms with E-state index in [4.69, 9.17) is 4.74 Å². The van der Waals surface area contributed by atoms with E-state index in [0.29, 0.717) is 0 Å². The van der Waals surface area contributed by atoms with Crippen molar-refractivity contribution in [2.75, 3.05) is 13.2 Å². The van der Waals surface area contributed by atoms with Gasteiger partial charge >= 0.3 is 0 Å². The molecule has 1 aliphatic rings. The first-order valence-electron chi connectivity index (χ1n) is 9.04. The summed E-state index contributed by atoms with van der Waals surface area (Å²) in [5.41, 5.74) is 5.93. The van der Waals surface area contributed by atoms with E-state index in [1.165, 1.54) is 22.3 Å². The highest BCUT2D eigenvalue weighted by molar-refractivity contribution is 5.23. The predicted octanol–water partition coefficient (Wildman–Crippen LogP) is 3.47. The maximum absolute atomic E-state index is 5.94. The van der Waals surface area contributed by atoms with Gasteiger partial charge in [0.05, 0.1) is 19.3 Å². The highest BCUT2D eigenvalue weighted by Crippen LogP contribution is 2.27. The minimum atomic E-state index is -0.123. The molecule has 0 N–H and O–H groups in total. The number of ether oxygens (including phenoxy) is 1. The van der Waals surface area contributed by atoms with Crippen LogP contribution < -0.4 is 0 Å². The Morgan fingerprint density at radius 3 is 2.65 bits per heavy atom. The first-order chi connectivity index (χ1) is 12.7. The maximum Gasteiger partial charge on any atom is 0.157 e. The molecule has 26 heavy (non-hydrogen) atoms. The number of aryl methyl sites for hydroxylation is 2. The lowest BCUT2D eigenvalue weighted by atomic mass is 10.1. The Morgan fingerprint density at radius 2 is 1.85 bits per heavy atom. The molecule has 0 aliphatic carbocycles. The summed E-state index contributed by atoms with van der Waals surface area (Å²) in [5.74, 6) is 0. The molecule has 0 saturated carbocycles. The summed E-state index contributed by atoms with van der Waals surface area (Å²) < 4.78 is 7.83. The first-order valence-corrected chi connectivity index (χ1v) is 9.04. The van der Waals surface area contributed by atoms with Crippen LogP contribution in [0.5, 0.6) is 0 Å². The van der Waals surface area contributed by atoms with Gasteiger partial charge in [-0.25, -0.2) is 4.68 Å². The van der Waals surface area contributed by atoms with Gasteiger partial charge in [0.15, 0.2) is 6.23 Å². The van der Waals surface area contributed by atoms with Gasteiger partial charge in [-0.05, 0) is 25.0 Å². The van der Waals surface area contributed by atoms with E-state index in [2.05, 4.69) is 77.6 Å². The quantitative estimate of drug-likeness (QED) is 0.708. The second-order valence-corrected chi connectivity index (χ2v) is 7.01. The molecule has 2 heterocycles. The van der Waals surface area contributed by atoms with Crippen molar-refractivity contribution < 1.29 is 4.74 Å². The van der Waals surface area contributed by atoms with Crippen LogP contribution in [-0.4, -0.2) is 33.0 Å². The normalized spacial score (nSPS) is 17.7. The monoisotopic (exact) mass is 348 g/mol. The summed E-state index contributed by atoms with van der Waals surface area (Å²) in [6, 6.07) is 17.1. The van der Waals surface area contributed by atoms with Crippen LogP contribution in [0.25, 0.3) is 0 Å². The van der Waals surface area contributed by atoms with Gasteiger partial charge in [0.1, 0.15) is 5.69 Å². The molecule has 1 aromatic heterocycles. The Hall–Kier alpha value is -2.50. The standard InChI is InChI=1S/C21H24N4O/c1-16-6-8-18(9-7-16)13-24-10-11-26-21(24)20-15-25(23-22-20)14-19-5-3-4-17(2)12-19/h3-9,12,15,21H,10-11,13-14H2,1-2H3/t21-/m0/s1. The van der Waals surface area contributed by atoms with E-state index in [1.807, 2.05) is 10.9 Å². The van der Waals surface area contributed by atoms with Gasteiger partial charge in [-0.15, -0.1) is 5.10 Å². The van der Waals surface area contributed by atoms with Gasteiger partial charge in [0.2, 0.25) is 0 Å². The van der Waals surface area contributed by atoms with Crippen molar-refractivity contribution in [1.82, 2.24) is 19.9 Å². The van der Waals surface area contributed by atoms with Crippen LogP contribution in [0, 0.1) is 13.8 Å². The van der Waals surface area contributed by atoms with Crippen LogP contribution in [0.3, 0.4) is 0 Å². The van der Waals surface area contributed by atoms with Crippen LogP contribution in [0.1, 0.15) is 34.2 Å². The molecule has 2 aromatic carbocycles. The minimum Gasteiger partial charge on any atom is -0.356 e. The molecule has 1 fully saturated rings. The summed E-state index contributed by atoms with van der Waals surface area (Å²) in [7, 11) is 0. The lowest BCUT2D eigenvalue weighted by molar-refractivity contribution is 0.0252. The molecule has 0 bridgehead atoms. The van der Waals surface area contributed by atoms with E-state index in [-0.39, 0.29) is 6.23 Å². The number of nitrogens with zero attached hydrogens (tertiary/aromatic N) is 4. The van der Waals surface area contributed by atoms with Gasteiger partial charge in [-0.3, -0.25) is 4.90 Å². The summed E-state index contributed by atoms with van der Waals surface area (Å²) in [4.78, 5) is 2.31. The second-order valence-electron chi connectivity index (χ2n) is 7.01. The molecule has 0 amide bonds. The van der Waals surface area contributed by atoms with Crippen molar-refractivity contribution in [3.63, 3.8) is 0 Å². The SMILES string of the molecule is Cc1ccc(CN2CCO[C@H]2c2cn(Cc3cccc(C)c3)nn2)cc1. The Labute approximate surface area is 154 Å².